The first-order valence-electron chi connectivity index (χ1n) is 4.06. The molecule has 0 saturated heterocycles. The number of ketones is 1. The molecule has 0 N–H and O–H groups in total. The Labute approximate surface area is 104 Å². The van der Waals surface area contributed by atoms with Crippen LogP contribution in [0.2, 0.25) is 0 Å². The average Bonchev–Trinajstić information content (AvgIpc) is 2.18. The molecule has 1 atom stereocenters. The molecule has 1 aromatic rings. The summed E-state index contributed by atoms with van der Waals surface area (Å²) < 4.78 is 0.685. The van der Waals surface area contributed by atoms with Gasteiger partial charge in [0.15, 0.2) is 0 Å². The molecule has 0 bridgehead atoms. The Balaban J connectivity index is 2.74. The van der Waals surface area contributed by atoms with Gasteiger partial charge in [-0.05, 0) is 33.8 Å². The first kappa shape index (κ1) is 12.2. The molecule has 76 valence electrons. The quantitative estimate of drug-likeness (QED) is 0.621. The van der Waals surface area contributed by atoms with Crippen molar-refractivity contribution in [3.63, 3.8) is 0 Å². The van der Waals surface area contributed by atoms with E-state index in [4.69, 9.17) is 0 Å². The highest BCUT2D eigenvalue weighted by atomic mass is 79.9. The number of alkyl halides is 1. The molecule has 1 unspecified atom stereocenters. The van der Waals surface area contributed by atoms with Crippen molar-refractivity contribution in [2.75, 3.05) is 5.75 Å². The van der Waals surface area contributed by atoms with Gasteiger partial charge >= 0.3 is 0 Å². The number of carbonyl (C=O) groups is 1. The highest BCUT2D eigenvalue weighted by Crippen LogP contribution is 2.21. The monoisotopic (exact) mass is 337 g/mol. The van der Waals surface area contributed by atoms with E-state index in [0.29, 0.717) is 5.69 Å². The highest BCUT2D eigenvalue weighted by molar-refractivity contribution is 9.11. The van der Waals surface area contributed by atoms with Crippen molar-refractivity contribution >= 4 is 49.4 Å². The Morgan fingerprint density at radius 1 is 1.64 bits per heavy atom. The summed E-state index contributed by atoms with van der Waals surface area (Å²) in [7, 11) is 0. The molecule has 0 amide bonds. The second-order valence-corrected chi connectivity index (χ2v) is 6.32. The third-order valence-corrected chi connectivity index (χ3v) is 4.02. The predicted molar refractivity (Wildman–Crippen MR) is 67.1 cm³/mol. The van der Waals surface area contributed by atoms with Gasteiger partial charge in [-0.25, -0.2) is 0 Å². The van der Waals surface area contributed by atoms with Crippen molar-refractivity contribution in [3.05, 3.63) is 28.5 Å². The molecule has 0 aliphatic rings. The Morgan fingerprint density at radius 2 is 2.36 bits per heavy atom. The molecule has 1 rings (SSSR count). The van der Waals surface area contributed by atoms with E-state index in [1.165, 1.54) is 0 Å². The maximum Gasteiger partial charge on any atom is 0.204 e. The zero-order valence-electron chi connectivity index (χ0n) is 7.54. The van der Waals surface area contributed by atoms with Crippen LogP contribution >= 0.6 is 43.6 Å². The van der Waals surface area contributed by atoms with E-state index in [9.17, 15) is 4.79 Å². The zero-order valence-corrected chi connectivity index (χ0v) is 11.5. The van der Waals surface area contributed by atoms with Crippen LogP contribution in [0.5, 0.6) is 0 Å². The standard InChI is InChI=1S/C9H9Br2NOS/c1-2-14-9(11)8(13)7-4-3-6(10)5-12-7/h3-5,9H,2H2,1H3. The van der Waals surface area contributed by atoms with Crippen molar-refractivity contribution in [2.45, 2.75) is 11.1 Å². The molecule has 0 aromatic carbocycles. The topological polar surface area (TPSA) is 30.0 Å². The second-order valence-electron chi connectivity index (χ2n) is 2.50. The van der Waals surface area contributed by atoms with Crippen LogP contribution in [0.25, 0.3) is 0 Å². The molecule has 0 spiro atoms. The van der Waals surface area contributed by atoms with Gasteiger partial charge in [-0.3, -0.25) is 9.78 Å². The van der Waals surface area contributed by atoms with Crippen molar-refractivity contribution < 1.29 is 4.79 Å². The fourth-order valence-electron chi connectivity index (χ4n) is 0.860. The van der Waals surface area contributed by atoms with Crippen molar-refractivity contribution in [1.82, 2.24) is 4.98 Å². The second kappa shape index (κ2) is 5.88. The first-order chi connectivity index (χ1) is 6.65. The van der Waals surface area contributed by atoms with E-state index in [0.717, 1.165) is 10.2 Å². The first-order valence-corrected chi connectivity index (χ1v) is 6.82. The Kier molecular flexibility index (Phi) is 5.12. The van der Waals surface area contributed by atoms with Gasteiger partial charge in [0.2, 0.25) is 5.78 Å². The number of rotatable bonds is 4. The number of pyridine rings is 1. The number of nitrogens with zero attached hydrogens (tertiary/aromatic N) is 1. The van der Waals surface area contributed by atoms with E-state index < -0.39 is 0 Å². The molecule has 1 heterocycles. The third-order valence-electron chi connectivity index (χ3n) is 1.50. The van der Waals surface area contributed by atoms with Gasteiger partial charge in [0.25, 0.3) is 0 Å². The van der Waals surface area contributed by atoms with Gasteiger partial charge in [-0.2, -0.15) is 0 Å². The lowest BCUT2D eigenvalue weighted by Gasteiger charge is -2.05. The zero-order chi connectivity index (χ0) is 10.6. The molecule has 0 radical (unpaired) electrons. The highest BCUT2D eigenvalue weighted by Gasteiger charge is 2.17. The molecule has 0 fully saturated rings. The van der Waals surface area contributed by atoms with E-state index >= 15 is 0 Å². The summed E-state index contributed by atoms with van der Waals surface area (Å²) in [6, 6.07) is 3.54. The van der Waals surface area contributed by atoms with Gasteiger partial charge in [0.05, 0.1) is 0 Å². The Morgan fingerprint density at radius 3 is 2.86 bits per heavy atom. The molecule has 0 aliphatic heterocycles. The smallest absolute Gasteiger partial charge is 0.204 e. The van der Waals surface area contributed by atoms with Gasteiger partial charge in [0, 0.05) is 10.7 Å². The van der Waals surface area contributed by atoms with E-state index in [1.807, 2.05) is 13.0 Å². The molecule has 2 nitrogen and oxygen atoms in total. The lowest BCUT2D eigenvalue weighted by atomic mass is 10.3. The van der Waals surface area contributed by atoms with Crippen LogP contribution in [0.15, 0.2) is 22.8 Å². The largest absolute Gasteiger partial charge is 0.290 e. The molecule has 0 aliphatic carbocycles. The van der Waals surface area contributed by atoms with Gasteiger partial charge in [-0.15, -0.1) is 11.8 Å². The summed E-state index contributed by atoms with van der Waals surface area (Å²) in [6.07, 6.45) is 1.63. The number of aromatic nitrogens is 1. The van der Waals surface area contributed by atoms with Crippen LogP contribution in [0, 0.1) is 0 Å². The SMILES string of the molecule is CCSC(Br)C(=O)c1ccc(Br)cn1. The van der Waals surface area contributed by atoms with Crippen LogP contribution < -0.4 is 0 Å². The van der Waals surface area contributed by atoms with E-state index in [1.54, 1.807) is 24.0 Å². The van der Waals surface area contributed by atoms with Crippen molar-refractivity contribution in [3.8, 4) is 0 Å². The number of carbonyl (C=O) groups excluding carboxylic acids is 1. The fraction of sp³-hybridized carbons (Fsp3) is 0.333. The Hall–Kier alpha value is 0.130. The van der Waals surface area contributed by atoms with Crippen LogP contribution in [-0.4, -0.2) is 20.7 Å². The number of thioether (sulfide) groups is 1. The van der Waals surface area contributed by atoms with Gasteiger partial charge in [-0.1, -0.05) is 22.9 Å². The van der Waals surface area contributed by atoms with E-state index in [-0.39, 0.29) is 9.94 Å². The van der Waals surface area contributed by atoms with Crippen LogP contribution in [0.3, 0.4) is 0 Å². The lowest BCUT2D eigenvalue weighted by Crippen LogP contribution is -2.12. The van der Waals surface area contributed by atoms with Gasteiger partial charge < -0.3 is 0 Å². The molecule has 1 aromatic heterocycles. The van der Waals surface area contributed by atoms with E-state index in [2.05, 4.69) is 36.8 Å². The predicted octanol–water partition coefficient (Wildman–Crippen LogP) is 3.50. The van der Waals surface area contributed by atoms with Crippen molar-refractivity contribution in [1.29, 1.82) is 0 Å². The number of Topliss-reactive ketones (excluding diaryl/α,β-unsaturated/α-hetero) is 1. The maximum absolute atomic E-state index is 11.7. The van der Waals surface area contributed by atoms with Crippen LogP contribution in [0.4, 0.5) is 0 Å². The Bertz CT molecular complexity index is 315. The summed E-state index contributed by atoms with van der Waals surface area (Å²) in [4.78, 5) is 15.7. The minimum Gasteiger partial charge on any atom is -0.290 e. The lowest BCUT2D eigenvalue weighted by molar-refractivity contribution is 0.101. The maximum atomic E-state index is 11.7. The van der Waals surface area contributed by atoms with Gasteiger partial charge in [0.1, 0.15) is 9.85 Å². The normalized spacial score (nSPS) is 12.5. The number of hydrogen-bond acceptors (Lipinski definition) is 3. The van der Waals surface area contributed by atoms with Crippen molar-refractivity contribution in [2.24, 2.45) is 0 Å². The fourth-order valence-corrected chi connectivity index (χ4v) is 2.69. The number of hydrogen-bond donors (Lipinski definition) is 0. The minimum atomic E-state index is -0.193. The van der Waals surface area contributed by atoms with Crippen LogP contribution in [-0.2, 0) is 0 Å². The minimum absolute atomic E-state index is 0.0179. The number of halogens is 2. The summed E-state index contributed by atoms with van der Waals surface area (Å²) >= 11 is 8.15. The summed E-state index contributed by atoms with van der Waals surface area (Å²) in [5.41, 5.74) is 0.496. The summed E-state index contributed by atoms with van der Waals surface area (Å²) in [6.45, 7) is 2.02. The average molecular weight is 339 g/mol. The summed E-state index contributed by atoms with van der Waals surface area (Å²) in [5.74, 6) is 0.919. The molecule has 14 heavy (non-hydrogen) atoms. The molecular weight excluding hydrogens is 330 g/mol. The third kappa shape index (κ3) is 3.37. The molecule has 5 heteroatoms. The summed E-state index contributed by atoms with van der Waals surface area (Å²) in [5, 5.41) is 0. The van der Waals surface area contributed by atoms with Crippen LogP contribution in [0.1, 0.15) is 17.4 Å². The molecule has 0 saturated carbocycles. The molecular formula is C9H9Br2NOS.